The van der Waals surface area contributed by atoms with Crippen molar-refractivity contribution in [2.45, 2.75) is 102 Å². The van der Waals surface area contributed by atoms with E-state index in [0.717, 1.165) is 18.6 Å². The first-order chi connectivity index (χ1) is 21.6. The molecule has 1 aromatic carbocycles. The van der Waals surface area contributed by atoms with E-state index in [1.165, 1.54) is 0 Å². The molecule has 2 bridgehead atoms. The summed E-state index contributed by atoms with van der Waals surface area (Å²) in [5.41, 5.74) is 0.135. The van der Waals surface area contributed by atoms with Crippen LogP contribution in [0, 0.1) is 23.2 Å². The number of nitrogens with zero attached hydrogens (tertiary/aromatic N) is 3. The minimum absolute atomic E-state index is 0.0188. The molecule has 4 rings (SSSR count). The van der Waals surface area contributed by atoms with E-state index in [2.05, 4.69) is 54.7 Å². The van der Waals surface area contributed by atoms with Crippen molar-refractivity contribution in [1.29, 1.82) is 0 Å². The highest BCUT2D eigenvalue weighted by molar-refractivity contribution is 8.02. The fourth-order valence-corrected chi connectivity index (χ4v) is 11.0. The Morgan fingerprint density at radius 2 is 1.74 bits per heavy atom. The molecule has 3 fully saturated rings. The van der Waals surface area contributed by atoms with Crippen LogP contribution < -0.4 is 9.64 Å². The maximum absolute atomic E-state index is 15.1. The molecule has 7 atom stereocenters. The van der Waals surface area contributed by atoms with Crippen molar-refractivity contribution in [3.05, 3.63) is 49.6 Å². The van der Waals surface area contributed by atoms with Crippen LogP contribution in [-0.4, -0.2) is 86.6 Å². The highest BCUT2D eigenvalue weighted by atomic mass is 32.2. The Balaban J connectivity index is 1.82. The second kappa shape index (κ2) is 13.8. The van der Waals surface area contributed by atoms with Gasteiger partial charge in [-0.05, 0) is 75.6 Å². The molecule has 0 aromatic heterocycles. The molecule has 8 nitrogen and oxygen atoms in total. The molecule has 254 valence electrons. The van der Waals surface area contributed by atoms with Gasteiger partial charge in [0.1, 0.15) is 11.8 Å². The first kappa shape index (κ1) is 36.1. The number of likely N-dealkylation sites (tertiary alicyclic amines) is 1. The van der Waals surface area contributed by atoms with Gasteiger partial charge < -0.3 is 24.5 Å². The van der Waals surface area contributed by atoms with E-state index < -0.39 is 34.2 Å². The third-order valence-corrected chi connectivity index (χ3v) is 12.2. The van der Waals surface area contributed by atoms with Crippen LogP contribution in [0.15, 0.2) is 49.6 Å². The molecule has 3 heterocycles. The molecule has 9 heteroatoms. The lowest BCUT2D eigenvalue weighted by molar-refractivity contribution is -0.149. The van der Waals surface area contributed by atoms with Crippen molar-refractivity contribution in [1.82, 2.24) is 9.80 Å². The van der Waals surface area contributed by atoms with Crippen LogP contribution in [0.5, 0.6) is 5.75 Å². The molecule has 3 amide bonds. The molecular weight excluding hydrogens is 598 g/mol. The predicted octanol–water partition coefficient (Wildman–Crippen LogP) is 5.94. The monoisotopic (exact) mass is 653 g/mol. The van der Waals surface area contributed by atoms with Crippen LogP contribution in [-0.2, 0) is 14.4 Å². The normalized spacial score (nSPS) is 27.7. The second-order valence-corrected chi connectivity index (χ2v) is 16.5. The number of rotatable bonds is 14. The molecule has 0 radical (unpaired) electrons. The lowest BCUT2D eigenvalue weighted by atomic mass is 9.65. The van der Waals surface area contributed by atoms with Gasteiger partial charge in [0.05, 0.1) is 35.8 Å². The minimum Gasteiger partial charge on any atom is -0.494 e. The smallest absolute Gasteiger partial charge is 0.247 e. The SMILES string of the molecule is C=CCN(C(=O)[C@@H]1[C@H]2C(=O)N([C@@H](CC)CO)C(C(=O)N(CC=C)C(C)(C)CC(C)(C)C)C23S[C@@H]1CC3C)c1ccc(OCC)cc1. The molecule has 1 spiro atoms. The van der Waals surface area contributed by atoms with Crippen LogP contribution in [0.1, 0.15) is 74.7 Å². The molecule has 3 saturated heterocycles. The average molecular weight is 654 g/mol. The van der Waals surface area contributed by atoms with Crippen LogP contribution >= 0.6 is 11.8 Å². The van der Waals surface area contributed by atoms with Gasteiger partial charge in [0, 0.05) is 29.6 Å². The minimum atomic E-state index is -0.803. The van der Waals surface area contributed by atoms with E-state index >= 15 is 4.79 Å². The van der Waals surface area contributed by atoms with Gasteiger partial charge in [-0.2, -0.15) is 0 Å². The summed E-state index contributed by atoms with van der Waals surface area (Å²) in [6.07, 6.45) is 5.43. The molecular formula is C37H55N3O5S. The second-order valence-electron chi connectivity index (χ2n) is 15.0. The Morgan fingerprint density at radius 3 is 2.26 bits per heavy atom. The molecule has 3 unspecified atom stereocenters. The predicted molar refractivity (Wildman–Crippen MR) is 187 cm³/mol. The lowest BCUT2D eigenvalue weighted by Gasteiger charge is -2.47. The van der Waals surface area contributed by atoms with Crippen LogP contribution in [0.2, 0.25) is 0 Å². The van der Waals surface area contributed by atoms with Crippen molar-refractivity contribution in [3.63, 3.8) is 0 Å². The van der Waals surface area contributed by atoms with Crippen molar-refractivity contribution in [2.24, 2.45) is 23.2 Å². The van der Waals surface area contributed by atoms with Gasteiger partial charge in [-0.1, -0.05) is 46.8 Å². The van der Waals surface area contributed by atoms with Gasteiger partial charge in [0.2, 0.25) is 17.7 Å². The molecule has 0 aliphatic carbocycles. The number of benzene rings is 1. The van der Waals surface area contributed by atoms with Crippen LogP contribution in [0.3, 0.4) is 0 Å². The number of amides is 3. The number of aliphatic hydroxyl groups is 1. The third kappa shape index (κ3) is 6.26. The van der Waals surface area contributed by atoms with E-state index in [4.69, 9.17) is 4.74 Å². The lowest BCUT2D eigenvalue weighted by Crippen LogP contribution is -2.62. The molecule has 3 aliphatic heterocycles. The maximum Gasteiger partial charge on any atom is 0.247 e. The van der Waals surface area contributed by atoms with Crippen molar-refractivity contribution >= 4 is 35.2 Å². The summed E-state index contributed by atoms with van der Waals surface area (Å²) in [6.45, 7) is 25.4. The van der Waals surface area contributed by atoms with Gasteiger partial charge in [-0.3, -0.25) is 14.4 Å². The van der Waals surface area contributed by atoms with Crippen molar-refractivity contribution in [3.8, 4) is 5.75 Å². The van der Waals surface area contributed by atoms with E-state index in [1.54, 1.807) is 33.7 Å². The van der Waals surface area contributed by atoms with E-state index in [0.29, 0.717) is 31.8 Å². The topological polar surface area (TPSA) is 90.4 Å². The van der Waals surface area contributed by atoms with Gasteiger partial charge >= 0.3 is 0 Å². The Morgan fingerprint density at radius 1 is 1.11 bits per heavy atom. The Bertz CT molecular complexity index is 1300. The number of aliphatic hydroxyl groups excluding tert-OH is 1. The molecule has 1 N–H and O–H groups in total. The van der Waals surface area contributed by atoms with Gasteiger partial charge in [0.15, 0.2) is 0 Å². The summed E-state index contributed by atoms with van der Waals surface area (Å²) in [6, 6.07) is 6.09. The van der Waals surface area contributed by atoms with Crippen molar-refractivity contribution < 1.29 is 24.2 Å². The number of hydrogen-bond donors (Lipinski definition) is 1. The zero-order valence-corrected chi connectivity index (χ0v) is 29.9. The van der Waals surface area contributed by atoms with E-state index in [1.807, 2.05) is 43.0 Å². The third-order valence-electron chi connectivity index (χ3n) is 10.1. The first-order valence-corrected chi connectivity index (χ1v) is 17.7. The summed E-state index contributed by atoms with van der Waals surface area (Å²) in [5, 5.41) is 10.5. The van der Waals surface area contributed by atoms with Gasteiger partial charge in [0.25, 0.3) is 0 Å². The number of carbonyl (C=O) groups excluding carboxylic acids is 3. The largest absolute Gasteiger partial charge is 0.494 e. The fraction of sp³-hybridized carbons (Fsp3) is 0.649. The Kier molecular flexibility index (Phi) is 10.8. The summed E-state index contributed by atoms with van der Waals surface area (Å²) in [5.74, 6) is -1.00. The molecule has 3 aliphatic rings. The Hall–Kier alpha value is -2.78. The Labute approximate surface area is 280 Å². The number of thioether (sulfide) groups is 1. The number of carbonyl (C=O) groups is 3. The number of ether oxygens (including phenoxy) is 1. The number of anilines is 1. The van der Waals surface area contributed by atoms with E-state index in [-0.39, 0.29) is 40.9 Å². The summed E-state index contributed by atoms with van der Waals surface area (Å²) in [4.78, 5) is 49.9. The van der Waals surface area contributed by atoms with Gasteiger partial charge in [-0.15, -0.1) is 24.9 Å². The quantitative estimate of drug-likeness (QED) is 0.250. The van der Waals surface area contributed by atoms with E-state index in [9.17, 15) is 14.7 Å². The van der Waals surface area contributed by atoms with Crippen molar-refractivity contribution in [2.75, 3.05) is 31.2 Å². The standard InChI is InChI=1S/C37H55N3O5S/c1-11-19-38(26-15-17-27(18-16-26)45-14-4)32(42)29-28-21-24(5)37(46-28)30(29)33(43)40(25(13-3)22-41)31(37)34(44)39(20-12-2)36(9,10)23-35(6,7)8/h11-12,15-18,24-25,28-31,41H,1-2,13-14,19-23H2,3-10H3/t24?,25-,28+,29-,30-,31?,37?/m0/s1. The van der Waals surface area contributed by atoms with Crippen LogP contribution in [0.4, 0.5) is 5.69 Å². The summed E-state index contributed by atoms with van der Waals surface area (Å²) < 4.78 is 4.83. The highest BCUT2D eigenvalue weighted by Crippen LogP contribution is 2.69. The highest BCUT2D eigenvalue weighted by Gasteiger charge is 2.77. The van der Waals surface area contributed by atoms with Gasteiger partial charge in [-0.25, -0.2) is 0 Å². The molecule has 1 aromatic rings. The number of hydrogen-bond acceptors (Lipinski definition) is 6. The summed E-state index contributed by atoms with van der Waals surface area (Å²) >= 11 is 1.66. The maximum atomic E-state index is 15.1. The summed E-state index contributed by atoms with van der Waals surface area (Å²) in [7, 11) is 0. The average Bonchev–Trinajstić information content (AvgIpc) is 3.58. The first-order valence-electron chi connectivity index (χ1n) is 16.8. The molecule has 46 heavy (non-hydrogen) atoms. The fourth-order valence-electron chi connectivity index (χ4n) is 8.65. The number of fused-ring (bicyclic) bond motifs is 1. The zero-order valence-electron chi connectivity index (χ0n) is 29.1. The van der Waals surface area contributed by atoms with Crippen LogP contribution in [0.25, 0.3) is 0 Å². The molecule has 0 saturated carbocycles. The zero-order chi connectivity index (χ0) is 34.2.